The maximum Gasteiger partial charge on any atom is 0.293 e. The highest BCUT2D eigenvalue weighted by molar-refractivity contribution is 7.13. The summed E-state index contributed by atoms with van der Waals surface area (Å²) in [5.74, 6) is -0.169. The highest BCUT2D eigenvalue weighted by atomic mass is 35.5. The summed E-state index contributed by atoms with van der Waals surface area (Å²) in [4.78, 5) is 28.9. The number of nitrogens with zero attached hydrogens (tertiary/aromatic N) is 1. The summed E-state index contributed by atoms with van der Waals surface area (Å²) in [5.41, 5.74) is 0.666. The summed E-state index contributed by atoms with van der Waals surface area (Å²) >= 11 is 13.2. The molecule has 146 valence electrons. The largest absolute Gasteiger partial charge is 0.486 e. The molecule has 0 aliphatic rings. The predicted molar refractivity (Wildman–Crippen MR) is 113 cm³/mol. The van der Waals surface area contributed by atoms with E-state index in [4.69, 9.17) is 32.4 Å². The van der Waals surface area contributed by atoms with Crippen LogP contribution in [0.3, 0.4) is 0 Å². The van der Waals surface area contributed by atoms with E-state index in [1.54, 1.807) is 47.8 Å². The van der Waals surface area contributed by atoms with Crippen LogP contribution in [0.25, 0.3) is 11.0 Å². The third-order valence-corrected chi connectivity index (χ3v) is 5.24. The van der Waals surface area contributed by atoms with Gasteiger partial charge in [0.2, 0.25) is 0 Å². The first-order valence-electron chi connectivity index (χ1n) is 8.36. The summed E-state index contributed by atoms with van der Waals surface area (Å²) < 4.78 is 11.2. The van der Waals surface area contributed by atoms with E-state index in [0.29, 0.717) is 37.6 Å². The Morgan fingerprint density at radius 2 is 2.00 bits per heavy atom. The van der Waals surface area contributed by atoms with E-state index in [9.17, 15) is 9.59 Å². The van der Waals surface area contributed by atoms with Crippen molar-refractivity contribution in [2.75, 3.05) is 5.32 Å². The van der Waals surface area contributed by atoms with Gasteiger partial charge in [0.05, 0.1) is 16.1 Å². The Morgan fingerprint density at radius 1 is 1.17 bits per heavy atom. The second-order valence-corrected chi connectivity index (χ2v) is 7.63. The molecule has 0 radical (unpaired) electrons. The molecule has 0 spiro atoms. The number of rotatable bonds is 5. The number of nitrogens with one attached hydrogen (secondary N) is 1. The monoisotopic (exact) mass is 446 g/mol. The number of halogens is 2. The molecule has 0 atom stereocenters. The molecule has 9 heteroatoms. The zero-order chi connectivity index (χ0) is 20.4. The zero-order valence-corrected chi connectivity index (χ0v) is 17.0. The number of aromatic nitrogens is 1. The molecular formula is C20H12Cl2N2O4S. The normalized spacial score (nSPS) is 10.8. The van der Waals surface area contributed by atoms with Crippen LogP contribution >= 0.6 is 34.5 Å². The molecule has 0 fully saturated rings. The fourth-order valence-electron chi connectivity index (χ4n) is 2.55. The highest BCUT2D eigenvalue weighted by Crippen LogP contribution is 2.28. The van der Waals surface area contributed by atoms with Crippen LogP contribution in [0, 0.1) is 0 Å². The minimum Gasteiger partial charge on any atom is -0.486 e. The Bertz CT molecular complexity index is 1270. The molecule has 2 aromatic carbocycles. The molecular weight excluding hydrogens is 435 g/mol. The maximum absolute atomic E-state index is 12.4. The van der Waals surface area contributed by atoms with Crippen LogP contribution in [-0.4, -0.2) is 10.9 Å². The van der Waals surface area contributed by atoms with E-state index in [1.165, 1.54) is 11.3 Å². The van der Waals surface area contributed by atoms with Gasteiger partial charge in [-0.2, -0.15) is 0 Å². The lowest BCUT2D eigenvalue weighted by Crippen LogP contribution is -2.15. The van der Waals surface area contributed by atoms with Gasteiger partial charge in [-0.1, -0.05) is 35.3 Å². The van der Waals surface area contributed by atoms with E-state index in [1.807, 2.05) is 0 Å². The zero-order valence-electron chi connectivity index (χ0n) is 14.6. The summed E-state index contributed by atoms with van der Waals surface area (Å²) in [5, 5.41) is 6.05. The summed E-state index contributed by atoms with van der Waals surface area (Å²) in [6.45, 7) is 0.165. The quantitative estimate of drug-likeness (QED) is 0.444. The van der Waals surface area contributed by atoms with Crippen molar-refractivity contribution in [3.05, 3.63) is 85.6 Å². The lowest BCUT2D eigenvalue weighted by Gasteiger charge is -2.06. The topological polar surface area (TPSA) is 81.4 Å². The lowest BCUT2D eigenvalue weighted by molar-refractivity contribution is 0.0997. The number of hydrogen-bond acceptors (Lipinski definition) is 6. The van der Waals surface area contributed by atoms with Gasteiger partial charge < -0.3 is 9.15 Å². The number of fused-ring (bicyclic) bond motifs is 1. The van der Waals surface area contributed by atoms with Crippen molar-refractivity contribution in [2.24, 2.45) is 0 Å². The number of anilines is 1. The maximum atomic E-state index is 12.4. The molecule has 2 heterocycles. The number of thiazole rings is 1. The van der Waals surface area contributed by atoms with E-state index >= 15 is 0 Å². The van der Waals surface area contributed by atoms with Crippen molar-refractivity contribution in [3.63, 3.8) is 0 Å². The molecule has 29 heavy (non-hydrogen) atoms. The summed E-state index contributed by atoms with van der Waals surface area (Å²) in [6, 6.07) is 12.8. The predicted octanol–water partition coefficient (Wildman–Crippen LogP) is 5.39. The van der Waals surface area contributed by atoms with Gasteiger partial charge in [0.25, 0.3) is 5.91 Å². The van der Waals surface area contributed by atoms with Crippen LogP contribution in [-0.2, 0) is 6.61 Å². The second-order valence-electron chi connectivity index (χ2n) is 5.93. The number of amides is 1. The van der Waals surface area contributed by atoms with Crippen molar-refractivity contribution in [2.45, 2.75) is 6.61 Å². The van der Waals surface area contributed by atoms with Gasteiger partial charge in [-0.15, -0.1) is 11.3 Å². The number of ether oxygens (including phenoxy) is 1. The van der Waals surface area contributed by atoms with E-state index in [2.05, 4.69) is 10.3 Å². The minimum absolute atomic E-state index is 0.0883. The smallest absolute Gasteiger partial charge is 0.293 e. The van der Waals surface area contributed by atoms with Gasteiger partial charge in [-0.3, -0.25) is 14.9 Å². The third kappa shape index (κ3) is 4.42. The van der Waals surface area contributed by atoms with Crippen molar-refractivity contribution in [3.8, 4) is 5.75 Å². The second kappa shape index (κ2) is 8.24. The number of benzene rings is 2. The first kappa shape index (κ1) is 19.4. The molecule has 0 aliphatic heterocycles. The van der Waals surface area contributed by atoms with Crippen LogP contribution in [0.5, 0.6) is 5.75 Å². The Morgan fingerprint density at radius 3 is 2.83 bits per heavy atom. The Kier molecular flexibility index (Phi) is 5.53. The van der Waals surface area contributed by atoms with Crippen molar-refractivity contribution in [1.82, 2.24) is 4.98 Å². The molecule has 6 nitrogen and oxygen atoms in total. The van der Waals surface area contributed by atoms with Crippen molar-refractivity contribution in [1.29, 1.82) is 0 Å². The Balaban J connectivity index is 1.45. The molecule has 0 bridgehead atoms. The fraction of sp³-hybridized carbons (Fsp3) is 0.0500. The summed E-state index contributed by atoms with van der Waals surface area (Å²) in [7, 11) is 0. The van der Waals surface area contributed by atoms with Crippen LogP contribution in [0.15, 0.2) is 63.1 Å². The number of carbonyl (C=O) groups is 1. The molecule has 1 amide bonds. The molecule has 4 rings (SSSR count). The third-order valence-electron chi connectivity index (χ3n) is 3.90. The SMILES string of the molecule is O=C(Nc1nc(COc2ccc(Cl)cc2Cl)cs1)c1cc(=O)c2ccccc2o1. The van der Waals surface area contributed by atoms with E-state index in [-0.39, 0.29) is 17.8 Å². The van der Waals surface area contributed by atoms with Gasteiger partial charge in [0, 0.05) is 16.5 Å². The van der Waals surface area contributed by atoms with E-state index in [0.717, 1.165) is 6.07 Å². The molecule has 2 aromatic heterocycles. The Labute approximate surface area is 178 Å². The first-order chi connectivity index (χ1) is 14.0. The molecule has 0 aliphatic carbocycles. The van der Waals surface area contributed by atoms with Crippen molar-refractivity contribution >= 4 is 56.5 Å². The molecule has 4 aromatic rings. The van der Waals surface area contributed by atoms with Gasteiger partial charge in [-0.25, -0.2) is 4.98 Å². The molecule has 0 saturated heterocycles. The van der Waals surface area contributed by atoms with Gasteiger partial charge >= 0.3 is 0 Å². The van der Waals surface area contributed by atoms with Crippen LogP contribution in [0.4, 0.5) is 5.13 Å². The standard InChI is InChI=1S/C20H12Cl2N2O4S/c21-11-5-6-17(14(22)7-11)27-9-12-10-29-20(23-12)24-19(26)18-8-15(25)13-3-1-2-4-16(13)28-18/h1-8,10H,9H2,(H,23,24,26). The molecule has 0 saturated carbocycles. The minimum atomic E-state index is -0.560. The van der Waals surface area contributed by atoms with Gasteiger partial charge in [0.15, 0.2) is 16.3 Å². The highest BCUT2D eigenvalue weighted by Gasteiger charge is 2.14. The fourth-order valence-corrected chi connectivity index (χ4v) is 3.70. The average Bonchev–Trinajstić information content (AvgIpc) is 3.14. The lowest BCUT2D eigenvalue weighted by atomic mass is 10.2. The number of para-hydroxylation sites is 1. The Hall–Kier alpha value is -2.87. The van der Waals surface area contributed by atoms with Crippen molar-refractivity contribution < 1.29 is 13.9 Å². The number of hydrogen-bond donors (Lipinski definition) is 1. The summed E-state index contributed by atoms with van der Waals surface area (Å²) in [6.07, 6.45) is 0. The number of carbonyl (C=O) groups excluding carboxylic acids is 1. The first-order valence-corrected chi connectivity index (χ1v) is 9.99. The average molecular weight is 447 g/mol. The van der Waals surface area contributed by atoms with Crippen LogP contribution in [0.1, 0.15) is 16.2 Å². The van der Waals surface area contributed by atoms with Gasteiger partial charge in [0.1, 0.15) is 17.9 Å². The van der Waals surface area contributed by atoms with Crippen LogP contribution < -0.4 is 15.5 Å². The van der Waals surface area contributed by atoms with Gasteiger partial charge in [-0.05, 0) is 30.3 Å². The molecule has 0 unspecified atom stereocenters. The molecule has 1 N–H and O–H groups in total. The van der Waals surface area contributed by atoms with E-state index < -0.39 is 5.91 Å². The van der Waals surface area contributed by atoms with Crippen LogP contribution in [0.2, 0.25) is 10.0 Å².